The molecular weight excluding hydrogens is 564 g/mol. The highest BCUT2D eigenvalue weighted by Gasteiger charge is 2.81. The van der Waals surface area contributed by atoms with E-state index in [9.17, 15) is 24.3 Å². The zero-order valence-corrected chi connectivity index (χ0v) is 25.4. The quantitative estimate of drug-likeness (QED) is 0.298. The molecule has 4 fully saturated rings. The van der Waals surface area contributed by atoms with E-state index >= 15 is 4.79 Å². The minimum Gasteiger partial charge on any atom is -0.472 e. The van der Waals surface area contributed by atoms with Crippen molar-refractivity contribution in [1.82, 2.24) is 0 Å². The fourth-order valence-electron chi connectivity index (χ4n) is 8.57. The van der Waals surface area contributed by atoms with Crippen molar-refractivity contribution in [3.63, 3.8) is 0 Å². The maximum Gasteiger partial charge on any atom is 0.309 e. The Labute approximate surface area is 249 Å². The number of carbonyl (C=O) groups is 5. The van der Waals surface area contributed by atoms with Gasteiger partial charge in [0.1, 0.15) is 29.5 Å². The number of Topliss-reactive ketones (excluding diaryl/α,β-unsaturated/α-hetero) is 1. The van der Waals surface area contributed by atoms with E-state index in [4.69, 9.17) is 28.1 Å². The number of esters is 4. The third kappa shape index (κ3) is 4.05. The van der Waals surface area contributed by atoms with Gasteiger partial charge in [0.15, 0.2) is 11.9 Å². The Morgan fingerprint density at radius 2 is 1.74 bits per heavy atom. The van der Waals surface area contributed by atoms with E-state index in [1.807, 2.05) is 0 Å². The smallest absolute Gasteiger partial charge is 0.309 e. The van der Waals surface area contributed by atoms with Crippen LogP contribution in [-0.2, 0) is 47.7 Å². The molecule has 234 valence electrons. The van der Waals surface area contributed by atoms with Gasteiger partial charge in [-0.05, 0) is 30.9 Å². The average molecular weight is 603 g/mol. The van der Waals surface area contributed by atoms with Crippen molar-refractivity contribution in [3.8, 4) is 0 Å². The van der Waals surface area contributed by atoms with Gasteiger partial charge in [-0.25, -0.2) is 0 Å². The van der Waals surface area contributed by atoms with Crippen LogP contribution in [0.15, 0.2) is 35.2 Å². The van der Waals surface area contributed by atoms with Crippen molar-refractivity contribution >= 4 is 29.7 Å². The third-order valence-corrected chi connectivity index (χ3v) is 10.5. The van der Waals surface area contributed by atoms with E-state index in [1.54, 1.807) is 33.8 Å². The lowest BCUT2D eigenvalue weighted by Gasteiger charge is -2.61. The van der Waals surface area contributed by atoms with E-state index in [0.29, 0.717) is 5.56 Å². The molecule has 9 atom stereocenters. The molecule has 2 aliphatic carbocycles. The number of hydrogen-bond donors (Lipinski definition) is 1. The number of aliphatic hydroxyl groups is 1. The molecule has 12 nitrogen and oxygen atoms in total. The predicted molar refractivity (Wildman–Crippen MR) is 145 cm³/mol. The summed E-state index contributed by atoms with van der Waals surface area (Å²) in [6.07, 6.45) is -3.11. The molecule has 1 N–H and O–H groups in total. The molecular formula is C31H38O12. The number of ether oxygens (including phenoxy) is 5. The van der Waals surface area contributed by atoms with Gasteiger partial charge < -0.3 is 33.2 Å². The van der Waals surface area contributed by atoms with Gasteiger partial charge in [0, 0.05) is 30.2 Å². The van der Waals surface area contributed by atoms with Crippen LogP contribution in [-0.4, -0.2) is 71.4 Å². The van der Waals surface area contributed by atoms with E-state index in [1.165, 1.54) is 33.5 Å². The Kier molecular flexibility index (Phi) is 7.01. The number of methoxy groups -OCH3 is 1. The summed E-state index contributed by atoms with van der Waals surface area (Å²) >= 11 is 0. The molecule has 1 aromatic heterocycles. The first-order valence-electron chi connectivity index (χ1n) is 14.2. The monoisotopic (exact) mass is 602 g/mol. The van der Waals surface area contributed by atoms with Gasteiger partial charge >= 0.3 is 23.9 Å². The summed E-state index contributed by atoms with van der Waals surface area (Å²) in [6.45, 7) is 13.2. The van der Waals surface area contributed by atoms with Gasteiger partial charge in [0.25, 0.3) is 0 Å². The van der Waals surface area contributed by atoms with E-state index in [-0.39, 0.29) is 18.4 Å². The Balaban J connectivity index is 1.80. The average Bonchev–Trinajstić information content (AvgIpc) is 3.49. The van der Waals surface area contributed by atoms with Crippen LogP contribution in [0, 0.1) is 22.2 Å². The van der Waals surface area contributed by atoms with Gasteiger partial charge in [0.2, 0.25) is 0 Å². The molecule has 2 bridgehead atoms. The molecule has 2 saturated heterocycles. The molecule has 0 aromatic carbocycles. The Bertz CT molecular complexity index is 1390. The van der Waals surface area contributed by atoms with Gasteiger partial charge in [-0.3, -0.25) is 24.0 Å². The lowest BCUT2D eigenvalue weighted by atomic mass is 9.49. The second-order valence-corrected chi connectivity index (χ2v) is 13.3. The van der Waals surface area contributed by atoms with Crippen LogP contribution in [0.25, 0.3) is 0 Å². The SMILES string of the molecule is C=C1C2(O)CC3(C)C(c4ccoc4)OC(=O)CC13OC1C(OC(C)=O)C(OC(C)=O)C(C)(C)C(CC(=O)OC)C1(C)C2=O. The summed E-state index contributed by atoms with van der Waals surface area (Å²) in [7, 11) is 1.21. The first kappa shape index (κ1) is 30.9. The molecule has 3 heterocycles. The normalized spacial score (nSPS) is 41.3. The minimum absolute atomic E-state index is 0.0338. The van der Waals surface area contributed by atoms with Gasteiger partial charge in [0.05, 0.1) is 37.9 Å². The van der Waals surface area contributed by atoms with Crippen LogP contribution in [0.5, 0.6) is 0 Å². The van der Waals surface area contributed by atoms with Crippen molar-refractivity contribution in [2.24, 2.45) is 22.2 Å². The second kappa shape index (κ2) is 9.75. The number of fused-ring (bicyclic) bond motifs is 2. The lowest BCUT2D eigenvalue weighted by Crippen LogP contribution is -2.72. The lowest BCUT2D eigenvalue weighted by molar-refractivity contribution is -0.291. The van der Waals surface area contributed by atoms with E-state index < -0.39 is 93.9 Å². The summed E-state index contributed by atoms with van der Waals surface area (Å²) in [6, 6.07) is 1.62. The number of rotatable bonds is 5. The summed E-state index contributed by atoms with van der Waals surface area (Å²) in [4.78, 5) is 66.2. The molecule has 0 radical (unpaired) electrons. The van der Waals surface area contributed by atoms with Crippen molar-refractivity contribution in [3.05, 3.63) is 36.3 Å². The highest BCUT2D eigenvalue weighted by atomic mass is 16.6. The number of ketones is 1. The number of cyclic esters (lactones) is 1. The zero-order chi connectivity index (χ0) is 31.9. The van der Waals surface area contributed by atoms with Gasteiger partial charge in [-0.1, -0.05) is 27.4 Å². The van der Waals surface area contributed by atoms with Crippen molar-refractivity contribution in [2.75, 3.05) is 7.11 Å². The third-order valence-electron chi connectivity index (χ3n) is 10.5. The van der Waals surface area contributed by atoms with E-state index in [0.717, 1.165) is 0 Å². The summed E-state index contributed by atoms with van der Waals surface area (Å²) in [5.74, 6) is -4.43. The zero-order valence-electron chi connectivity index (χ0n) is 25.4. The van der Waals surface area contributed by atoms with Crippen LogP contribution in [0.4, 0.5) is 0 Å². The maximum atomic E-state index is 15.0. The van der Waals surface area contributed by atoms with Crippen LogP contribution >= 0.6 is 0 Å². The largest absolute Gasteiger partial charge is 0.472 e. The molecule has 43 heavy (non-hydrogen) atoms. The molecule has 2 aliphatic heterocycles. The second-order valence-electron chi connectivity index (χ2n) is 13.3. The van der Waals surface area contributed by atoms with Gasteiger partial charge in [-0.2, -0.15) is 0 Å². The molecule has 4 aliphatic rings. The predicted octanol–water partition coefficient (Wildman–Crippen LogP) is 2.76. The van der Waals surface area contributed by atoms with Crippen molar-refractivity contribution < 1.29 is 57.2 Å². The van der Waals surface area contributed by atoms with Crippen molar-refractivity contribution in [1.29, 1.82) is 0 Å². The standard InChI is InChI=1S/C31H38O12/c1-15-30(37)14-28(6)23(18-9-10-39-13-18)42-21(35)12-31(15,28)43-25-22(40-16(2)32)24(41-17(3)33)27(4,5)19(11-20(34)38-8)29(25,7)26(30)36/h9-10,13,19,22-25,37H,1,11-12,14H2,2-8H3. The molecule has 0 amide bonds. The molecule has 12 heteroatoms. The molecule has 1 spiro atoms. The number of carbonyl (C=O) groups excluding carboxylic acids is 5. The first-order chi connectivity index (χ1) is 19.9. The highest BCUT2D eigenvalue weighted by molar-refractivity contribution is 5.99. The molecule has 5 rings (SSSR count). The van der Waals surface area contributed by atoms with Crippen LogP contribution < -0.4 is 0 Å². The molecule has 2 saturated carbocycles. The van der Waals surface area contributed by atoms with Crippen molar-refractivity contribution in [2.45, 2.75) is 96.4 Å². The fraction of sp³-hybridized carbons (Fsp3) is 0.645. The van der Waals surface area contributed by atoms with Crippen LogP contribution in [0.3, 0.4) is 0 Å². The van der Waals surface area contributed by atoms with Crippen LogP contribution in [0.2, 0.25) is 0 Å². The summed E-state index contributed by atoms with van der Waals surface area (Å²) < 4.78 is 34.6. The first-order valence-corrected chi connectivity index (χ1v) is 14.2. The fourth-order valence-corrected chi connectivity index (χ4v) is 8.57. The van der Waals surface area contributed by atoms with Gasteiger partial charge in [-0.15, -0.1) is 0 Å². The molecule has 9 unspecified atom stereocenters. The Morgan fingerprint density at radius 3 is 2.30 bits per heavy atom. The highest BCUT2D eigenvalue weighted by Crippen LogP contribution is 2.71. The van der Waals surface area contributed by atoms with E-state index in [2.05, 4.69) is 6.58 Å². The maximum absolute atomic E-state index is 15.0. The summed E-state index contributed by atoms with van der Waals surface area (Å²) in [5, 5.41) is 12.5. The Hall–Kier alpha value is -3.51. The number of hydrogen-bond acceptors (Lipinski definition) is 12. The van der Waals surface area contributed by atoms with Crippen LogP contribution in [0.1, 0.15) is 72.5 Å². The number of furan rings is 1. The molecule has 1 aromatic rings. The topological polar surface area (TPSA) is 165 Å². The Morgan fingerprint density at radius 1 is 1.09 bits per heavy atom. The summed E-state index contributed by atoms with van der Waals surface area (Å²) in [5.41, 5.74) is -7.68. The minimum atomic E-state index is -2.24.